The average Bonchev–Trinajstić information content (AvgIpc) is 3.23. The van der Waals surface area contributed by atoms with Gasteiger partial charge >= 0.3 is 6.09 Å². The third-order valence-corrected chi connectivity index (χ3v) is 8.62. The van der Waals surface area contributed by atoms with Crippen LogP contribution in [0.2, 0.25) is 0 Å². The van der Waals surface area contributed by atoms with Gasteiger partial charge < -0.3 is 9.64 Å². The number of carbonyl (C=O) groups is 2. The van der Waals surface area contributed by atoms with Gasteiger partial charge in [0.2, 0.25) is 5.91 Å². The van der Waals surface area contributed by atoms with Crippen molar-refractivity contribution in [2.45, 2.75) is 56.4 Å². The van der Waals surface area contributed by atoms with E-state index in [0.717, 1.165) is 16.6 Å². The van der Waals surface area contributed by atoms with Crippen LogP contribution in [0.25, 0.3) is 0 Å². The second kappa shape index (κ2) is 12.0. The number of rotatable bonds is 9. The van der Waals surface area contributed by atoms with Gasteiger partial charge in [-0.3, -0.25) is 24.6 Å². The van der Waals surface area contributed by atoms with Crippen LogP contribution in [0.15, 0.2) is 72.1 Å². The Morgan fingerprint density at radius 3 is 2.44 bits per heavy atom. The van der Waals surface area contributed by atoms with E-state index in [1.165, 1.54) is 17.0 Å². The van der Waals surface area contributed by atoms with Crippen molar-refractivity contribution in [1.82, 2.24) is 14.3 Å². The fraction of sp³-hybridized carbons (Fsp3) is 0.429. The quantitative estimate of drug-likeness (QED) is 0.246. The van der Waals surface area contributed by atoms with Crippen molar-refractivity contribution >= 4 is 27.7 Å². The van der Waals surface area contributed by atoms with E-state index in [2.05, 4.69) is 6.58 Å². The van der Waals surface area contributed by atoms with E-state index in [9.17, 15) is 28.1 Å². The first-order chi connectivity index (χ1) is 19.3. The first-order valence-corrected chi connectivity index (χ1v) is 14.6. The van der Waals surface area contributed by atoms with Crippen molar-refractivity contribution in [3.63, 3.8) is 0 Å². The molecule has 4 rings (SSSR count). The van der Waals surface area contributed by atoms with Crippen molar-refractivity contribution in [3.05, 3.63) is 82.9 Å². The number of fused-ring (bicyclic) bond motifs is 1. The Morgan fingerprint density at radius 1 is 1.15 bits per heavy atom. The first-order valence-electron chi connectivity index (χ1n) is 13.2. The lowest BCUT2D eigenvalue weighted by atomic mass is 9.89. The molecule has 2 aliphatic rings. The molecule has 220 valence electrons. The van der Waals surface area contributed by atoms with E-state index in [0.29, 0.717) is 5.56 Å². The third-order valence-electron chi connectivity index (χ3n) is 6.84. The number of nitro groups is 1. The molecule has 2 aliphatic heterocycles. The number of benzene rings is 2. The average molecular weight is 587 g/mol. The summed E-state index contributed by atoms with van der Waals surface area (Å²) >= 11 is 0. The standard InChI is InChI=1S/C28H34N4O8S/c1-5-15-29-17-21-16-22(18-30(25(21)26(29)33)27(34)40-28(2,3)4)32(39-19-20-11-7-6-8-12-20)41(37,38)24-14-10-9-13-23(24)31(35)36/h5-14,21-22,25H,1,15-19H2,2-4H3/t21-,22+,25-/m0/s1. The molecule has 0 spiro atoms. The minimum absolute atomic E-state index is 0.154. The zero-order valence-electron chi connectivity index (χ0n) is 23.2. The Balaban J connectivity index is 1.76. The molecular formula is C28H34N4O8S. The first kappa shape index (κ1) is 30.2. The minimum Gasteiger partial charge on any atom is -0.444 e. The number of piperidine rings is 1. The van der Waals surface area contributed by atoms with E-state index in [1.807, 2.05) is 0 Å². The lowest BCUT2D eigenvalue weighted by molar-refractivity contribution is -0.388. The molecule has 0 aliphatic carbocycles. The SMILES string of the molecule is C=CCN1C[C@@H]2C[C@@H](N(OCc3ccccc3)S(=O)(=O)c3ccccc3[N+](=O)[O-])CN(C(=O)OC(C)(C)C)[C@@H]2C1=O. The van der Waals surface area contributed by atoms with E-state index in [-0.39, 0.29) is 38.6 Å². The molecule has 0 aromatic heterocycles. The van der Waals surface area contributed by atoms with E-state index < -0.39 is 55.2 Å². The summed E-state index contributed by atoms with van der Waals surface area (Å²) in [6.45, 7) is 8.94. The van der Waals surface area contributed by atoms with Gasteiger partial charge in [0.1, 0.15) is 11.6 Å². The van der Waals surface area contributed by atoms with Crippen molar-refractivity contribution in [1.29, 1.82) is 0 Å². The summed E-state index contributed by atoms with van der Waals surface area (Å²) in [6.07, 6.45) is 0.980. The van der Waals surface area contributed by atoms with Crippen molar-refractivity contribution in [2.75, 3.05) is 19.6 Å². The molecule has 2 aromatic rings. The Labute approximate surface area is 239 Å². The highest BCUT2D eigenvalue weighted by molar-refractivity contribution is 7.89. The predicted octanol–water partition coefficient (Wildman–Crippen LogP) is 3.74. The predicted molar refractivity (Wildman–Crippen MR) is 149 cm³/mol. The van der Waals surface area contributed by atoms with Crippen LogP contribution in [0.3, 0.4) is 0 Å². The highest BCUT2D eigenvalue weighted by Gasteiger charge is 2.53. The summed E-state index contributed by atoms with van der Waals surface area (Å²) in [6, 6.07) is 12.0. The molecule has 3 atom stereocenters. The zero-order valence-corrected chi connectivity index (χ0v) is 24.0. The minimum atomic E-state index is -4.62. The van der Waals surface area contributed by atoms with Crippen molar-refractivity contribution in [2.24, 2.45) is 5.92 Å². The lowest BCUT2D eigenvalue weighted by Crippen LogP contribution is -2.60. The lowest BCUT2D eigenvalue weighted by Gasteiger charge is -2.42. The fourth-order valence-corrected chi connectivity index (χ4v) is 6.79. The molecular weight excluding hydrogens is 552 g/mol. The molecule has 2 heterocycles. The van der Waals surface area contributed by atoms with Gasteiger partial charge in [0, 0.05) is 31.6 Å². The number of hydroxylamine groups is 1. The summed E-state index contributed by atoms with van der Waals surface area (Å²) in [7, 11) is -4.62. The van der Waals surface area contributed by atoms with Gasteiger partial charge in [-0.2, -0.15) is 0 Å². The molecule has 12 nitrogen and oxygen atoms in total. The van der Waals surface area contributed by atoms with Gasteiger partial charge in [0.25, 0.3) is 15.7 Å². The molecule has 0 unspecified atom stereocenters. The normalized spacial score (nSPS) is 21.1. The van der Waals surface area contributed by atoms with Crippen molar-refractivity contribution in [3.8, 4) is 0 Å². The Morgan fingerprint density at radius 2 is 1.80 bits per heavy atom. The van der Waals surface area contributed by atoms with E-state index >= 15 is 0 Å². The smallest absolute Gasteiger partial charge is 0.411 e. The molecule has 0 bridgehead atoms. The number of nitro benzene ring substituents is 1. The molecule has 2 fully saturated rings. The number of para-hydroxylation sites is 1. The number of nitrogens with zero attached hydrogens (tertiary/aromatic N) is 4. The van der Waals surface area contributed by atoms with Gasteiger partial charge in [0.15, 0.2) is 4.90 Å². The monoisotopic (exact) mass is 586 g/mol. The summed E-state index contributed by atoms with van der Waals surface area (Å²) in [5, 5.41) is 11.8. The molecule has 2 saturated heterocycles. The molecule has 41 heavy (non-hydrogen) atoms. The summed E-state index contributed by atoms with van der Waals surface area (Å²) in [5.41, 5.74) is -0.810. The van der Waals surface area contributed by atoms with Crippen LogP contribution in [0.5, 0.6) is 0 Å². The van der Waals surface area contributed by atoms with Gasteiger partial charge in [-0.05, 0) is 38.8 Å². The van der Waals surface area contributed by atoms with Gasteiger partial charge in [-0.25, -0.2) is 13.2 Å². The number of ether oxygens (including phenoxy) is 1. The van der Waals surface area contributed by atoms with Gasteiger partial charge in [-0.15, -0.1) is 6.58 Å². The number of hydrogen-bond acceptors (Lipinski definition) is 8. The van der Waals surface area contributed by atoms with Crippen LogP contribution in [0.4, 0.5) is 10.5 Å². The number of likely N-dealkylation sites (tertiary alicyclic amines) is 2. The van der Waals surface area contributed by atoms with Crippen LogP contribution >= 0.6 is 0 Å². The van der Waals surface area contributed by atoms with Gasteiger partial charge in [-0.1, -0.05) is 53.0 Å². The number of amides is 2. The van der Waals surface area contributed by atoms with Crippen LogP contribution in [-0.2, 0) is 31.0 Å². The zero-order chi connectivity index (χ0) is 29.9. The number of sulfonamides is 1. The molecule has 0 saturated carbocycles. The fourth-order valence-electron chi connectivity index (χ4n) is 5.21. The maximum Gasteiger partial charge on any atom is 0.411 e. The van der Waals surface area contributed by atoms with E-state index in [4.69, 9.17) is 9.57 Å². The van der Waals surface area contributed by atoms with Gasteiger partial charge in [0.05, 0.1) is 17.6 Å². The summed E-state index contributed by atoms with van der Waals surface area (Å²) in [4.78, 5) is 45.9. The Hall–Kier alpha value is -3.81. The molecule has 0 radical (unpaired) electrons. The van der Waals surface area contributed by atoms with Crippen LogP contribution in [-0.4, -0.2) is 76.9 Å². The molecule has 2 aromatic carbocycles. The molecule has 0 N–H and O–H groups in total. The number of hydrogen-bond donors (Lipinski definition) is 0. The third kappa shape index (κ3) is 6.58. The largest absolute Gasteiger partial charge is 0.444 e. The maximum absolute atomic E-state index is 14.1. The van der Waals surface area contributed by atoms with Crippen LogP contribution in [0.1, 0.15) is 32.8 Å². The van der Waals surface area contributed by atoms with Crippen LogP contribution in [0, 0.1) is 16.0 Å². The Kier molecular flexibility index (Phi) is 8.80. The second-order valence-corrected chi connectivity index (χ2v) is 12.8. The summed E-state index contributed by atoms with van der Waals surface area (Å²) < 4.78 is 34.5. The maximum atomic E-state index is 14.1. The highest BCUT2D eigenvalue weighted by atomic mass is 32.2. The second-order valence-electron chi connectivity index (χ2n) is 11.0. The molecule has 13 heteroatoms. The van der Waals surface area contributed by atoms with Crippen molar-refractivity contribution < 1.29 is 32.5 Å². The topological polar surface area (TPSA) is 140 Å². The summed E-state index contributed by atoms with van der Waals surface area (Å²) in [5.74, 6) is -0.727. The Bertz CT molecular complexity index is 1410. The highest BCUT2D eigenvalue weighted by Crippen LogP contribution is 2.37. The molecule has 2 amide bonds. The number of carbonyl (C=O) groups excluding carboxylic acids is 2. The van der Waals surface area contributed by atoms with Crippen LogP contribution < -0.4 is 0 Å². The van der Waals surface area contributed by atoms with E-state index in [1.54, 1.807) is 62.1 Å².